The van der Waals surface area contributed by atoms with Gasteiger partial charge in [-0.2, -0.15) is 0 Å². The molecule has 1 aliphatic carbocycles. The summed E-state index contributed by atoms with van der Waals surface area (Å²) in [5.74, 6) is 0.167. The Kier molecular flexibility index (Phi) is 2.69. The normalized spacial score (nSPS) is 14.8. The van der Waals surface area contributed by atoms with E-state index >= 15 is 0 Å². The van der Waals surface area contributed by atoms with Gasteiger partial charge < -0.3 is 4.74 Å². The van der Waals surface area contributed by atoms with Crippen LogP contribution in [-0.4, -0.2) is 19.5 Å². The van der Waals surface area contributed by atoms with Gasteiger partial charge in [-0.3, -0.25) is 4.79 Å². The van der Waals surface area contributed by atoms with Crippen LogP contribution in [0.1, 0.15) is 16.7 Å². The molecule has 0 unspecified atom stereocenters. The van der Waals surface area contributed by atoms with E-state index in [1.165, 1.54) is 5.56 Å². The van der Waals surface area contributed by atoms with Crippen LogP contribution in [0.25, 0.3) is 5.57 Å². The number of carbonyl (C=O) groups is 1. The molecule has 0 fully saturated rings. The third-order valence-corrected chi connectivity index (χ3v) is 2.61. The molecular formula is C13H14O2. The van der Waals surface area contributed by atoms with Crippen LogP contribution in [0.4, 0.5) is 0 Å². The van der Waals surface area contributed by atoms with Gasteiger partial charge in [0.2, 0.25) is 0 Å². The number of ketones is 1. The van der Waals surface area contributed by atoms with Gasteiger partial charge in [-0.25, -0.2) is 0 Å². The molecule has 2 heteroatoms. The Balaban J connectivity index is 2.47. The van der Waals surface area contributed by atoms with Crippen LogP contribution >= 0.6 is 0 Å². The minimum absolute atomic E-state index is 0.167. The van der Waals surface area contributed by atoms with Crippen LogP contribution in [0.2, 0.25) is 0 Å². The van der Waals surface area contributed by atoms with Gasteiger partial charge in [-0.15, -0.1) is 0 Å². The maximum Gasteiger partial charge on any atom is 0.160 e. The summed E-state index contributed by atoms with van der Waals surface area (Å²) < 4.78 is 5.10. The molecule has 0 aliphatic heterocycles. The summed E-state index contributed by atoms with van der Waals surface area (Å²) in [5.41, 5.74) is 4.46. The Labute approximate surface area is 89.6 Å². The predicted molar refractivity (Wildman–Crippen MR) is 59.7 cm³/mol. The summed E-state index contributed by atoms with van der Waals surface area (Å²) in [7, 11) is 1.65. The number of ether oxygens (including phenoxy) is 1. The fourth-order valence-corrected chi connectivity index (χ4v) is 1.97. The first-order valence-corrected chi connectivity index (χ1v) is 5.03. The number of aryl methyl sites for hydroxylation is 1. The maximum absolute atomic E-state index is 11.5. The second-order valence-electron chi connectivity index (χ2n) is 3.91. The van der Waals surface area contributed by atoms with Crippen LogP contribution < -0.4 is 0 Å². The average molecular weight is 202 g/mol. The number of fused-ring (bicyclic) bond motifs is 1. The van der Waals surface area contributed by atoms with Crippen molar-refractivity contribution in [1.82, 2.24) is 0 Å². The molecule has 2 rings (SSSR count). The lowest BCUT2D eigenvalue weighted by Crippen LogP contribution is -2.11. The molecule has 1 aromatic carbocycles. The topological polar surface area (TPSA) is 26.3 Å². The van der Waals surface area contributed by atoms with E-state index in [1.54, 1.807) is 13.2 Å². The van der Waals surface area contributed by atoms with Gasteiger partial charge in [-0.05, 0) is 29.7 Å². The van der Waals surface area contributed by atoms with Crippen molar-refractivity contribution >= 4 is 11.4 Å². The Bertz CT molecular complexity index is 430. The number of hydrogen-bond donors (Lipinski definition) is 0. The molecule has 0 amide bonds. The van der Waals surface area contributed by atoms with E-state index in [4.69, 9.17) is 4.74 Å². The Morgan fingerprint density at radius 3 is 2.93 bits per heavy atom. The van der Waals surface area contributed by atoms with Crippen molar-refractivity contribution in [3.8, 4) is 0 Å². The molecule has 0 atom stereocenters. The quantitative estimate of drug-likeness (QED) is 0.734. The molecule has 1 aromatic rings. The molecule has 2 nitrogen and oxygen atoms in total. The highest BCUT2D eigenvalue weighted by molar-refractivity contribution is 6.02. The summed E-state index contributed by atoms with van der Waals surface area (Å²) in [6.45, 7) is 2.54. The summed E-state index contributed by atoms with van der Waals surface area (Å²) in [6.07, 6.45) is 2.21. The molecule has 15 heavy (non-hydrogen) atoms. The first kappa shape index (κ1) is 10.1. The summed E-state index contributed by atoms with van der Waals surface area (Å²) in [5, 5.41) is 0. The average Bonchev–Trinajstić information content (AvgIpc) is 2.17. The number of allylic oxidation sites excluding steroid dienone is 1. The molecule has 0 spiro atoms. The Hall–Kier alpha value is -1.41. The third kappa shape index (κ3) is 2.00. The van der Waals surface area contributed by atoms with E-state index in [2.05, 4.69) is 18.2 Å². The molecule has 1 aliphatic rings. The molecular weight excluding hydrogens is 188 g/mol. The zero-order valence-corrected chi connectivity index (χ0v) is 9.04. The number of methoxy groups -OCH3 is 1. The minimum Gasteiger partial charge on any atom is -0.380 e. The van der Waals surface area contributed by atoms with E-state index in [9.17, 15) is 4.79 Å². The van der Waals surface area contributed by atoms with Gasteiger partial charge in [0.15, 0.2) is 5.78 Å². The van der Waals surface area contributed by atoms with E-state index < -0.39 is 0 Å². The highest BCUT2D eigenvalue weighted by Gasteiger charge is 2.16. The van der Waals surface area contributed by atoms with Gasteiger partial charge in [0.1, 0.15) is 0 Å². The lowest BCUT2D eigenvalue weighted by molar-refractivity contribution is -0.114. The Morgan fingerprint density at radius 1 is 1.40 bits per heavy atom. The number of benzene rings is 1. The molecule has 0 aromatic heterocycles. The monoisotopic (exact) mass is 202 g/mol. The summed E-state index contributed by atoms with van der Waals surface area (Å²) in [4.78, 5) is 11.5. The van der Waals surface area contributed by atoms with E-state index in [0.717, 1.165) is 16.7 Å². The summed E-state index contributed by atoms with van der Waals surface area (Å²) in [6, 6.07) is 6.22. The minimum atomic E-state index is 0.167. The summed E-state index contributed by atoms with van der Waals surface area (Å²) >= 11 is 0. The molecule has 0 saturated heterocycles. The van der Waals surface area contributed by atoms with Crippen molar-refractivity contribution in [2.75, 3.05) is 13.7 Å². The van der Waals surface area contributed by atoms with Crippen LogP contribution in [0.5, 0.6) is 0 Å². The zero-order chi connectivity index (χ0) is 10.8. The maximum atomic E-state index is 11.5. The SMILES string of the molecule is COCC1=CC(=O)Cc2cc(C)ccc21. The Morgan fingerprint density at radius 2 is 2.20 bits per heavy atom. The van der Waals surface area contributed by atoms with Crippen molar-refractivity contribution in [3.63, 3.8) is 0 Å². The van der Waals surface area contributed by atoms with Crippen molar-refractivity contribution < 1.29 is 9.53 Å². The molecule has 0 radical (unpaired) electrons. The zero-order valence-electron chi connectivity index (χ0n) is 9.04. The lowest BCUT2D eigenvalue weighted by atomic mass is 9.89. The molecule has 0 N–H and O–H groups in total. The van der Waals surface area contributed by atoms with Gasteiger partial charge in [0, 0.05) is 13.5 Å². The van der Waals surface area contributed by atoms with Crippen molar-refractivity contribution in [2.24, 2.45) is 0 Å². The van der Waals surface area contributed by atoms with Crippen LogP contribution in [0, 0.1) is 6.92 Å². The number of rotatable bonds is 2. The smallest absolute Gasteiger partial charge is 0.160 e. The first-order valence-electron chi connectivity index (χ1n) is 5.03. The van der Waals surface area contributed by atoms with Gasteiger partial charge in [0.05, 0.1) is 6.61 Å². The van der Waals surface area contributed by atoms with Crippen LogP contribution in [0.3, 0.4) is 0 Å². The molecule has 0 saturated carbocycles. The highest BCUT2D eigenvalue weighted by Crippen LogP contribution is 2.25. The molecule has 78 valence electrons. The van der Waals surface area contributed by atoms with Gasteiger partial charge in [0.25, 0.3) is 0 Å². The second-order valence-corrected chi connectivity index (χ2v) is 3.91. The van der Waals surface area contributed by atoms with Crippen LogP contribution in [0.15, 0.2) is 24.3 Å². The van der Waals surface area contributed by atoms with E-state index in [0.29, 0.717) is 13.0 Å². The second kappa shape index (κ2) is 3.99. The molecule has 0 heterocycles. The number of carbonyl (C=O) groups excluding carboxylic acids is 1. The number of hydrogen-bond acceptors (Lipinski definition) is 2. The first-order chi connectivity index (χ1) is 7.20. The van der Waals surface area contributed by atoms with Crippen molar-refractivity contribution in [3.05, 3.63) is 41.0 Å². The van der Waals surface area contributed by atoms with Crippen molar-refractivity contribution in [1.29, 1.82) is 0 Å². The highest BCUT2D eigenvalue weighted by atomic mass is 16.5. The van der Waals surface area contributed by atoms with E-state index in [-0.39, 0.29) is 5.78 Å². The fraction of sp³-hybridized carbons (Fsp3) is 0.308. The van der Waals surface area contributed by atoms with E-state index in [1.807, 2.05) is 6.92 Å². The molecule has 0 bridgehead atoms. The van der Waals surface area contributed by atoms with Crippen LogP contribution in [-0.2, 0) is 16.0 Å². The predicted octanol–water partition coefficient (Wildman–Crippen LogP) is 2.15. The fourth-order valence-electron chi connectivity index (χ4n) is 1.97. The largest absolute Gasteiger partial charge is 0.380 e. The van der Waals surface area contributed by atoms with Gasteiger partial charge in [-0.1, -0.05) is 23.8 Å². The standard InChI is InChI=1S/C13H14O2/c1-9-3-4-13-10(5-9)6-12(14)7-11(13)8-15-2/h3-5,7H,6,8H2,1-2H3. The van der Waals surface area contributed by atoms with Gasteiger partial charge >= 0.3 is 0 Å². The van der Waals surface area contributed by atoms with Crippen molar-refractivity contribution in [2.45, 2.75) is 13.3 Å². The lowest BCUT2D eigenvalue weighted by Gasteiger charge is -2.17. The third-order valence-electron chi connectivity index (χ3n) is 2.61.